The van der Waals surface area contributed by atoms with Crippen LogP contribution in [0.15, 0.2) is 18.2 Å². The van der Waals surface area contributed by atoms with E-state index in [4.69, 9.17) is 11.6 Å². The number of aromatic nitrogens is 1. The van der Waals surface area contributed by atoms with Crippen molar-refractivity contribution >= 4 is 22.9 Å². The van der Waals surface area contributed by atoms with Crippen molar-refractivity contribution in [2.75, 3.05) is 6.54 Å². The average molecular weight is 313 g/mol. The zero-order valence-electron chi connectivity index (χ0n) is 11.7. The molecule has 20 heavy (non-hydrogen) atoms. The van der Waals surface area contributed by atoms with Crippen molar-refractivity contribution in [3.05, 3.63) is 39.6 Å². The first kappa shape index (κ1) is 15.4. The SMILES string of the molecule is CCCNCc1sc(-c2ccc(Cl)cc2F)nc1CC. The molecule has 0 saturated carbocycles. The quantitative estimate of drug-likeness (QED) is 0.784. The third kappa shape index (κ3) is 3.57. The van der Waals surface area contributed by atoms with E-state index < -0.39 is 0 Å². The molecule has 108 valence electrons. The van der Waals surface area contributed by atoms with Crippen LogP contribution in [-0.4, -0.2) is 11.5 Å². The molecule has 0 radical (unpaired) electrons. The van der Waals surface area contributed by atoms with E-state index in [9.17, 15) is 4.39 Å². The van der Waals surface area contributed by atoms with Crippen LogP contribution in [0.25, 0.3) is 10.6 Å². The lowest BCUT2D eigenvalue weighted by molar-refractivity contribution is 0.631. The molecule has 0 amide bonds. The molecule has 0 fully saturated rings. The molecular weight excluding hydrogens is 295 g/mol. The van der Waals surface area contributed by atoms with Crippen LogP contribution in [0.1, 0.15) is 30.8 Å². The summed E-state index contributed by atoms with van der Waals surface area (Å²) < 4.78 is 14.0. The molecule has 0 saturated heterocycles. The summed E-state index contributed by atoms with van der Waals surface area (Å²) in [5.74, 6) is -0.318. The molecule has 0 aliphatic carbocycles. The highest BCUT2D eigenvalue weighted by atomic mass is 35.5. The Labute approximate surface area is 128 Å². The van der Waals surface area contributed by atoms with Gasteiger partial charge in [-0.3, -0.25) is 0 Å². The molecule has 0 aliphatic heterocycles. The number of hydrogen-bond donors (Lipinski definition) is 1. The van der Waals surface area contributed by atoms with E-state index in [1.807, 2.05) is 0 Å². The van der Waals surface area contributed by atoms with Crippen LogP contribution in [0.5, 0.6) is 0 Å². The van der Waals surface area contributed by atoms with Crippen molar-refractivity contribution in [3.63, 3.8) is 0 Å². The minimum absolute atomic E-state index is 0.318. The lowest BCUT2D eigenvalue weighted by Crippen LogP contribution is -2.13. The van der Waals surface area contributed by atoms with Crippen LogP contribution in [0.2, 0.25) is 5.02 Å². The fourth-order valence-electron chi connectivity index (χ4n) is 1.95. The Bertz CT molecular complexity index is 583. The highest BCUT2D eigenvalue weighted by Crippen LogP contribution is 2.31. The second kappa shape index (κ2) is 7.16. The third-order valence-corrected chi connectivity index (χ3v) is 4.35. The van der Waals surface area contributed by atoms with Gasteiger partial charge in [0.15, 0.2) is 0 Å². The molecular formula is C15H18ClFN2S. The highest BCUT2D eigenvalue weighted by molar-refractivity contribution is 7.15. The van der Waals surface area contributed by atoms with Crippen molar-refractivity contribution in [1.82, 2.24) is 10.3 Å². The Morgan fingerprint density at radius 3 is 2.80 bits per heavy atom. The zero-order valence-corrected chi connectivity index (χ0v) is 13.2. The Balaban J connectivity index is 2.28. The van der Waals surface area contributed by atoms with Gasteiger partial charge in [-0.15, -0.1) is 11.3 Å². The van der Waals surface area contributed by atoms with E-state index in [0.717, 1.165) is 36.6 Å². The number of nitrogens with zero attached hydrogens (tertiary/aromatic N) is 1. The fourth-order valence-corrected chi connectivity index (χ4v) is 3.26. The summed E-state index contributed by atoms with van der Waals surface area (Å²) in [7, 11) is 0. The first-order chi connectivity index (χ1) is 9.65. The topological polar surface area (TPSA) is 24.9 Å². The summed E-state index contributed by atoms with van der Waals surface area (Å²) >= 11 is 7.34. The Morgan fingerprint density at radius 2 is 2.15 bits per heavy atom. The van der Waals surface area contributed by atoms with Crippen LogP contribution in [0.3, 0.4) is 0 Å². The van der Waals surface area contributed by atoms with Gasteiger partial charge in [-0.25, -0.2) is 9.37 Å². The van der Waals surface area contributed by atoms with Crippen LogP contribution < -0.4 is 5.32 Å². The Morgan fingerprint density at radius 1 is 1.35 bits per heavy atom. The number of rotatable bonds is 6. The molecule has 1 N–H and O–H groups in total. The first-order valence-electron chi connectivity index (χ1n) is 6.80. The smallest absolute Gasteiger partial charge is 0.134 e. The lowest BCUT2D eigenvalue weighted by atomic mass is 10.2. The van der Waals surface area contributed by atoms with E-state index in [-0.39, 0.29) is 5.82 Å². The molecule has 2 nitrogen and oxygen atoms in total. The number of aryl methyl sites for hydroxylation is 1. The summed E-state index contributed by atoms with van der Waals surface area (Å²) in [5, 5.41) is 4.50. The summed E-state index contributed by atoms with van der Waals surface area (Å²) in [6.07, 6.45) is 1.95. The summed E-state index contributed by atoms with van der Waals surface area (Å²) in [4.78, 5) is 5.75. The van der Waals surface area contributed by atoms with Gasteiger partial charge in [-0.2, -0.15) is 0 Å². The average Bonchev–Trinajstić information content (AvgIpc) is 2.82. The second-order valence-corrected chi connectivity index (χ2v) is 6.06. The molecule has 0 spiro atoms. The molecule has 0 atom stereocenters. The third-order valence-electron chi connectivity index (χ3n) is 2.99. The van der Waals surface area contributed by atoms with Gasteiger partial charge in [-0.05, 0) is 37.6 Å². The van der Waals surface area contributed by atoms with Gasteiger partial charge in [0.25, 0.3) is 0 Å². The number of benzene rings is 1. The van der Waals surface area contributed by atoms with E-state index in [2.05, 4.69) is 24.1 Å². The summed E-state index contributed by atoms with van der Waals surface area (Å²) in [6.45, 7) is 5.98. The van der Waals surface area contributed by atoms with Gasteiger partial charge in [0.1, 0.15) is 10.8 Å². The highest BCUT2D eigenvalue weighted by Gasteiger charge is 2.14. The largest absolute Gasteiger partial charge is 0.312 e. The Hall–Kier alpha value is -0.970. The first-order valence-corrected chi connectivity index (χ1v) is 7.99. The maximum absolute atomic E-state index is 14.0. The van der Waals surface area contributed by atoms with Gasteiger partial charge < -0.3 is 5.32 Å². The molecule has 1 aromatic heterocycles. The minimum Gasteiger partial charge on any atom is -0.312 e. The zero-order chi connectivity index (χ0) is 14.5. The minimum atomic E-state index is -0.318. The molecule has 2 rings (SSSR count). The molecule has 1 heterocycles. The monoisotopic (exact) mass is 312 g/mol. The maximum Gasteiger partial charge on any atom is 0.134 e. The molecule has 0 unspecified atom stereocenters. The molecule has 5 heteroatoms. The molecule has 0 aliphatic rings. The van der Waals surface area contributed by atoms with E-state index in [1.54, 1.807) is 23.5 Å². The van der Waals surface area contributed by atoms with Gasteiger partial charge in [0.05, 0.1) is 5.69 Å². The van der Waals surface area contributed by atoms with E-state index in [1.165, 1.54) is 10.9 Å². The normalized spacial score (nSPS) is 11.0. The van der Waals surface area contributed by atoms with E-state index >= 15 is 0 Å². The number of nitrogens with one attached hydrogen (secondary N) is 1. The van der Waals surface area contributed by atoms with Gasteiger partial charge >= 0.3 is 0 Å². The second-order valence-electron chi connectivity index (χ2n) is 4.54. The van der Waals surface area contributed by atoms with Gasteiger partial charge in [0.2, 0.25) is 0 Å². The fraction of sp³-hybridized carbons (Fsp3) is 0.400. The molecule has 1 aromatic carbocycles. The van der Waals surface area contributed by atoms with Crippen molar-refractivity contribution < 1.29 is 4.39 Å². The van der Waals surface area contributed by atoms with Crippen LogP contribution in [0.4, 0.5) is 4.39 Å². The van der Waals surface area contributed by atoms with Crippen molar-refractivity contribution in [1.29, 1.82) is 0 Å². The van der Waals surface area contributed by atoms with Gasteiger partial charge in [-0.1, -0.05) is 25.4 Å². The predicted octanol–water partition coefficient (Wildman–Crippen LogP) is 4.66. The summed E-state index contributed by atoms with van der Waals surface area (Å²) in [5.41, 5.74) is 1.57. The van der Waals surface area contributed by atoms with Crippen molar-refractivity contribution in [2.45, 2.75) is 33.2 Å². The Kier molecular flexibility index (Phi) is 5.52. The molecule has 2 aromatic rings. The lowest BCUT2D eigenvalue weighted by Gasteiger charge is -2.01. The van der Waals surface area contributed by atoms with Crippen LogP contribution in [0, 0.1) is 5.82 Å². The maximum atomic E-state index is 14.0. The van der Waals surface area contributed by atoms with Crippen LogP contribution in [-0.2, 0) is 13.0 Å². The standard InChI is InChI=1S/C15H18ClFN2S/c1-3-7-18-9-14-13(4-2)19-15(20-14)11-6-5-10(16)8-12(11)17/h5-6,8,18H,3-4,7,9H2,1-2H3. The number of thiazole rings is 1. The summed E-state index contributed by atoms with van der Waals surface area (Å²) in [6, 6.07) is 4.72. The van der Waals surface area contributed by atoms with Gasteiger partial charge in [0, 0.05) is 22.0 Å². The van der Waals surface area contributed by atoms with Crippen molar-refractivity contribution in [3.8, 4) is 10.6 Å². The number of hydrogen-bond acceptors (Lipinski definition) is 3. The van der Waals surface area contributed by atoms with Crippen molar-refractivity contribution in [2.24, 2.45) is 0 Å². The number of halogens is 2. The molecule has 0 bridgehead atoms. The van der Waals surface area contributed by atoms with E-state index in [0.29, 0.717) is 10.6 Å². The van der Waals surface area contributed by atoms with Crippen LogP contribution >= 0.6 is 22.9 Å². The predicted molar refractivity (Wildman–Crippen MR) is 83.9 cm³/mol.